The average Bonchev–Trinajstić information content (AvgIpc) is 2.92. The quantitative estimate of drug-likeness (QED) is 0.866. The van der Waals surface area contributed by atoms with Crippen molar-refractivity contribution in [1.82, 2.24) is 4.57 Å². The number of primary amides is 1. The van der Waals surface area contributed by atoms with Gasteiger partial charge in [0.25, 0.3) is 0 Å². The number of esters is 1. The van der Waals surface area contributed by atoms with Crippen molar-refractivity contribution in [3.63, 3.8) is 0 Å². The smallest absolute Gasteiger partial charge is 0.355 e. The van der Waals surface area contributed by atoms with Gasteiger partial charge in [0, 0.05) is 18.8 Å². The van der Waals surface area contributed by atoms with E-state index >= 15 is 0 Å². The predicted octanol–water partition coefficient (Wildman–Crippen LogP) is 2.31. The van der Waals surface area contributed by atoms with E-state index in [1.54, 1.807) is 7.05 Å². The molecule has 0 aromatic carbocycles. The van der Waals surface area contributed by atoms with E-state index in [0.29, 0.717) is 5.69 Å². The number of ether oxygens (including phenoxy) is 1. The zero-order chi connectivity index (χ0) is 14.0. The Labute approximate surface area is 122 Å². The summed E-state index contributed by atoms with van der Waals surface area (Å²) < 4.78 is 7.68. The van der Waals surface area contributed by atoms with Gasteiger partial charge in [-0.05, 0) is 33.4 Å². The number of hydrogen-bond acceptors (Lipinski definition) is 4. The van der Waals surface area contributed by atoms with Crippen LogP contribution in [0.15, 0.2) is 27.5 Å². The summed E-state index contributed by atoms with van der Waals surface area (Å²) in [4.78, 5) is 22.9. The largest absolute Gasteiger partial charge is 0.456 e. The Morgan fingerprint density at radius 3 is 2.74 bits per heavy atom. The van der Waals surface area contributed by atoms with Gasteiger partial charge >= 0.3 is 5.97 Å². The van der Waals surface area contributed by atoms with Crippen LogP contribution in [0.5, 0.6) is 0 Å². The highest BCUT2D eigenvalue weighted by molar-refractivity contribution is 9.11. The molecule has 0 aliphatic rings. The van der Waals surface area contributed by atoms with E-state index in [1.807, 2.05) is 11.4 Å². The summed E-state index contributed by atoms with van der Waals surface area (Å²) in [5.74, 6) is -1.06. The summed E-state index contributed by atoms with van der Waals surface area (Å²) in [6.07, 6.45) is 1.50. The molecule has 0 aliphatic heterocycles. The monoisotopic (exact) mass is 342 g/mol. The molecule has 7 heteroatoms. The molecule has 5 nitrogen and oxygen atoms in total. The van der Waals surface area contributed by atoms with Gasteiger partial charge in [0.2, 0.25) is 5.91 Å². The Balaban J connectivity index is 2.05. The van der Waals surface area contributed by atoms with Crippen LogP contribution >= 0.6 is 27.3 Å². The first kappa shape index (κ1) is 13.8. The van der Waals surface area contributed by atoms with E-state index in [2.05, 4.69) is 15.9 Å². The minimum atomic E-state index is -0.573. The first-order valence-corrected chi connectivity index (χ1v) is 7.01. The number of hydrogen-bond donors (Lipinski definition) is 1. The summed E-state index contributed by atoms with van der Waals surface area (Å²) in [6.45, 7) is 0.192. The Hall–Kier alpha value is -1.60. The second-order valence-corrected chi connectivity index (χ2v) is 6.21. The minimum absolute atomic E-state index is 0.192. The van der Waals surface area contributed by atoms with Crippen LogP contribution in [0.4, 0.5) is 0 Å². The van der Waals surface area contributed by atoms with Crippen LogP contribution in [0.1, 0.15) is 26.4 Å². The van der Waals surface area contributed by atoms with Crippen LogP contribution < -0.4 is 5.73 Å². The van der Waals surface area contributed by atoms with Crippen LogP contribution in [-0.4, -0.2) is 16.4 Å². The third-order valence-electron chi connectivity index (χ3n) is 2.49. The Morgan fingerprint density at radius 2 is 2.21 bits per heavy atom. The van der Waals surface area contributed by atoms with Crippen LogP contribution in [0.25, 0.3) is 0 Å². The second-order valence-electron chi connectivity index (χ2n) is 3.92. The molecule has 2 aromatic heterocycles. The second kappa shape index (κ2) is 5.58. The number of halogens is 1. The number of carbonyl (C=O) groups excluding carboxylic acids is 2. The van der Waals surface area contributed by atoms with Crippen LogP contribution in [0.3, 0.4) is 0 Å². The normalized spacial score (nSPS) is 10.4. The van der Waals surface area contributed by atoms with Gasteiger partial charge in [-0.25, -0.2) is 4.79 Å². The molecule has 0 unspecified atom stereocenters. The molecule has 0 aliphatic carbocycles. The van der Waals surface area contributed by atoms with Crippen LogP contribution in [-0.2, 0) is 18.4 Å². The number of amides is 1. The van der Waals surface area contributed by atoms with E-state index in [9.17, 15) is 9.59 Å². The average molecular weight is 343 g/mol. The molecule has 2 aromatic rings. The predicted molar refractivity (Wildman–Crippen MR) is 75.1 cm³/mol. The molecule has 1 amide bonds. The minimum Gasteiger partial charge on any atom is -0.456 e. The lowest BCUT2D eigenvalue weighted by atomic mass is 10.3. The number of aryl methyl sites for hydroxylation is 1. The maximum atomic E-state index is 11.9. The topological polar surface area (TPSA) is 74.3 Å². The SMILES string of the molecule is Cn1cc(C(N)=O)cc1C(=O)OCc1csc(Br)c1. The van der Waals surface area contributed by atoms with Gasteiger partial charge in [-0.2, -0.15) is 0 Å². The Bertz CT molecular complexity index is 633. The molecule has 0 saturated carbocycles. The molecular weight excluding hydrogens is 332 g/mol. The first-order chi connectivity index (χ1) is 8.97. The Kier molecular flexibility index (Phi) is 4.06. The summed E-state index contributed by atoms with van der Waals surface area (Å²) >= 11 is 4.86. The number of rotatable bonds is 4. The first-order valence-electron chi connectivity index (χ1n) is 5.33. The van der Waals surface area contributed by atoms with Gasteiger partial charge in [0.1, 0.15) is 12.3 Å². The van der Waals surface area contributed by atoms with Gasteiger partial charge < -0.3 is 15.0 Å². The van der Waals surface area contributed by atoms with Crippen molar-refractivity contribution in [1.29, 1.82) is 0 Å². The summed E-state index contributed by atoms with van der Waals surface area (Å²) in [5.41, 5.74) is 6.65. The van der Waals surface area contributed by atoms with Gasteiger partial charge in [0.05, 0.1) is 9.35 Å². The van der Waals surface area contributed by atoms with Crippen molar-refractivity contribution in [3.8, 4) is 0 Å². The molecule has 0 atom stereocenters. The van der Waals surface area contributed by atoms with Crippen LogP contribution in [0, 0.1) is 0 Å². The zero-order valence-corrected chi connectivity index (χ0v) is 12.5. The maximum Gasteiger partial charge on any atom is 0.355 e. The van der Waals surface area contributed by atoms with Crippen LogP contribution in [0.2, 0.25) is 0 Å². The fourth-order valence-corrected chi connectivity index (χ4v) is 2.74. The van der Waals surface area contributed by atoms with E-state index in [-0.39, 0.29) is 12.2 Å². The number of carbonyl (C=O) groups is 2. The molecule has 2 heterocycles. The molecule has 100 valence electrons. The standard InChI is InChI=1S/C12H11BrN2O3S/c1-15-4-8(11(14)16)3-9(15)12(17)18-5-7-2-10(13)19-6-7/h2-4,6H,5H2,1H3,(H2,14,16). The van der Waals surface area contributed by atoms with E-state index in [0.717, 1.165) is 9.35 Å². The fraction of sp³-hybridized carbons (Fsp3) is 0.167. The maximum absolute atomic E-state index is 11.9. The number of nitrogens with zero attached hydrogens (tertiary/aromatic N) is 1. The lowest BCUT2D eigenvalue weighted by Crippen LogP contribution is -2.10. The Morgan fingerprint density at radius 1 is 1.47 bits per heavy atom. The van der Waals surface area contributed by atoms with Gasteiger partial charge in [-0.15, -0.1) is 11.3 Å². The van der Waals surface area contributed by atoms with Gasteiger partial charge in [-0.1, -0.05) is 0 Å². The fourth-order valence-electron chi connectivity index (χ4n) is 1.55. The molecule has 0 bridgehead atoms. The summed E-state index contributed by atoms with van der Waals surface area (Å²) in [5, 5.41) is 1.90. The highest BCUT2D eigenvalue weighted by atomic mass is 79.9. The molecule has 2 rings (SSSR count). The summed E-state index contributed by atoms with van der Waals surface area (Å²) in [6, 6.07) is 3.31. The summed E-state index contributed by atoms with van der Waals surface area (Å²) in [7, 11) is 1.66. The van der Waals surface area contributed by atoms with Gasteiger partial charge in [0.15, 0.2) is 0 Å². The molecule has 19 heavy (non-hydrogen) atoms. The van der Waals surface area contributed by atoms with E-state index in [1.165, 1.54) is 28.2 Å². The third-order valence-corrected chi connectivity index (χ3v) is 4.04. The zero-order valence-electron chi connectivity index (χ0n) is 10.1. The van der Waals surface area contributed by atoms with Crippen molar-refractivity contribution in [3.05, 3.63) is 44.3 Å². The van der Waals surface area contributed by atoms with Crippen molar-refractivity contribution >= 4 is 39.1 Å². The highest BCUT2D eigenvalue weighted by Crippen LogP contribution is 2.21. The molecule has 0 spiro atoms. The highest BCUT2D eigenvalue weighted by Gasteiger charge is 2.15. The third kappa shape index (κ3) is 3.24. The molecular formula is C12H11BrN2O3S. The lowest BCUT2D eigenvalue weighted by molar-refractivity contribution is 0.0462. The molecule has 0 saturated heterocycles. The van der Waals surface area contributed by atoms with Crippen molar-refractivity contribution < 1.29 is 14.3 Å². The number of thiophene rings is 1. The van der Waals surface area contributed by atoms with Crippen molar-refractivity contribution in [2.24, 2.45) is 12.8 Å². The lowest BCUT2D eigenvalue weighted by Gasteiger charge is -2.03. The number of nitrogens with two attached hydrogens (primary N) is 1. The van der Waals surface area contributed by atoms with E-state index < -0.39 is 11.9 Å². The van der Waals surface area contributed by atoms with Crippen molar-refractivity contribution in [2.75, 3.05) is 0 Å². The molecule has 0 radical (unpaired) electrons. The van der Waals surface area contributed by atoms with Gasteiger partial charge in [-0.3, -0.25) is 4.79 Å². The molecule has 0 fully saturated rings. The van der Waals surface area contributed by atoms with Crippen molar-refractivity contribution in [2.45, 2.75) is 6.61 Å². The number of aromatic nitrogens is 1. The molecule has 2 N–H and O–H groups in total. The van der Waals surface area contributed by atoms with E-state index in [4.69, 9.17) is 10.5 Å².